The Hall–Kier alpha value is -3.09. The second kappa shape index (κ2) is 7.86. The van der Waals surface area contributed by atoms with Gasteiger partial charge in [-0.15, -0.1) is 0 Å². The van der Waals surface area contributed by atoms with E-state index < -0.39 is 11.9 Å². The lowest BCUT2D eigenvalue weighted by atomic mass is 9.97. The predicted octanol–water partition coefficient (Wildman–Crippen LogP) is 2.77. The molecule has 1 fully saturated rings. The number of nitrogens with zero attached hydrogens (tertiary/aromatic N) is 2. The molecular formula is C19H21N3O4. The lowest BCUT2D eigenvalue weighted by molar-refractivity contribution is -0.143. The van der Waals surface area contributed by atoms with Crippen LogP contribution in [0.4, 0.5) is 11.5 Å². The number of likely N-dealkylation sites (tertiary alicyclic amines) is 1. The molecule has 0 saturated carbocycles. The highest BCUT2D eigenvalue weighted by molar-refractivity contribution is 5.99. The Labute approximate surface area is 151 Å². The molecule has 0 radical (unpaired) electrons. The number of methoxy groups -OCH3 is 1. The lowest BCUT2D eigenvalue weighted by Gasteiger charge is -2.31. The minimum atomic E-state index is -0.860. The van der Waals surface area contributed by atoms with Crippen molar-refractivity contribution >= 4 is 23.4 Å². The van der Waals surface area contributed by atoms with Crippen LogP contribution >= 0.6 is 0 Å². The number of hydrogen-bond acceptors (Lipinski definition) is 5. The Morgan fingerprint density at radius 3 is 2.85 bits per heavy atom. The number of amides is 1. The van der Waals surface area contributed by atoms with Crippen molar-refractivity contribution in [2.75, 3.05) is 25.5 Å². The van der Waals surface area contributed by atoms with Crippen molar-refractivity contribution in [1.29, 1.82) is 0 Å². The van der Waals surface area contributed by atoms with Gasteiger partial charge in [0.2, 0.25) is 0 Å². The number of hydrogen-bond donors (Lipinski definition) is 2. The van der Waals surface area contributed by atoms with Gasteiger partial charge in [0.05, 0.1) is 24.3 Å². The van der Waals surface area contributed by atoms with Gasteiger partial charge >= 0.3 is 5.97 Å². The molecule has 1 atom stereocenters. The number of piperidine rings is 1. The van der Waals surface area contributed by atoms with Crippen LogP contribution in [0.15, 0.2) is 42.6 Å². The molecule has 2 N–H and O–H groups in total. The van der Waals surface area contributed by atoms with Gasteiger partial charge in [-0.05, 0) is 37.1 Å². The van der Waals surface area contributed by atoms with Crippen molar-refractivity contribution in [2.24, 2.45) is 5.92 Å². The van der Waals surface area contributed by atoms with E-state index in [0.29, 0.717) is 42.2 Å². The SMILES string of the molecule is COc1ccccc1Nc1ncccc1C(=O)N1CCCC(C(=O)O)C1. The first-order chi connectivity index (χ1) is 12.6. The number of anilines is 2. The van der Waals surface area contributed by atoms with Gasteiger partial charge in [-0.1, -0.05) is 12.1 Å². The first-order valence-electron chi connectivity index (χ1n) is 8.47. The Kier molecular flexibility index (Phi) is 5.36. The third-order valence-corrected chi connectivity index (χ3v) is 4.46. The number of ether oxygens (including phenoxy) is 1. The standard InChI is InChI=1S/C19H21N3O4/c1-26-16-9-3-2-8-15(16)21-17-14(7-4-10-20-17)18(23)22-11-5-6-13(12-22)19(24)25/h2-4,7-10,13H,5-6,11-12H2,1H3,(H,20,21)(H,24,25). The van der Waals surface area contributed by atoms with Gasteiger partial charge in [-0.3, -0.25) is 9.59 Å². The number of carboxylic acids is 1. The monoisotopic (exact) mass is 355 g/mol. The number of pyridine rings is 1. The van der Waals surface area contributed by atoms with Crippen LogP contribution in [0.2, 0.25) is 0 Å². The summed E-state index contributed by atoms with van der Waals surface area (Å²) in [6.07, 6.45) is 2.88. The fraction of sp³-hybridized carbons (Fsp3) is 0.316. The minimum absolute atomic E-state index is 0.219. The van der Waals surface area contributed by atoms with Gasteiger partial charge in [-0.25, -0.2) is 4.98 Å². The summed E-state index contributed by atoms with van der Waals surface area (Å²) < 4.78 is 5.32. The van der Waals surface area contributed by atoms with Crippen LogP contribution in [-0.4, -0.2) is 47.1 Å². The molecule has 0 spiro atoms. The average molecular weight is 355 g/mol. The van der Waals surface area contributed by atoms with Crippen molar-refractivity contribution in [2.45, 2.75) is 12.8 Å². The van der Waals surface area contributed by atoms with Crippen LogP contribution in [0.3, 0.4) is 0 Å². The van der Waals surface area contributed by atoms with E-state index in [2.05, 4.69) is 10.3 Å². The second-order valence-corrected chi connectivity index (χ2v) is 6.15. The molecule has 2 aromatic rings. The van der Waals surface area contributed by atoms with E-state index in [1.54, 1.807) is 30.3 Å². The summed E-state index contributed by atoms with van der Waals surface area (Å²) in [6.45, 7) is 0.767. The molecule has 1 aromatic heterocycles. The molecule has 0 aliphatic carbocycles. The van der Waals surface area contributed by atoms with E-state index in [1.165, 1.54) is 0 Å². The Morgan fingerprint density at radius 2 is 2.08 bits per heavy atom. The maximum atomic E-state index is 13.0. The largest absolute Gasteiger partial charge is 0.495 e. The number of para-hydroxylation sites is 2. The Balaban J connectivity index is 1.85. The van der Waals surface area contributed by atoms with E-state index in [9.17, 15) is 14.7 Å². The summed E-state index contributed by atoms with van der Waals surface area (Å²) in [5, 5.41) is 12.4. The third kappa shape index (κ3) is 3.77. The van der Waals surface area contributed by atoms with E-state index >= 15 is 0 Å². The maximum absolute atomic E-state index is 13.0. The zero-order chi connectivity index (χ0) is 18.5. The van der Waals surface area contributed by atoms with Crippen LogP contribution in [0.1, 0.15) is 23.2 Å². The number of benzene rings is 1. The topological polar surface area (TPSA) is 91.8 Å². The Morgan fingerprint density at radius 1 is 1.27 bits per heavy atom. The van der Waals surface area contributed by atoms with E-state index in [0.717, 1.165) is 0 Å². The number of carbonyl (C=O) groups excluding carboxylic acids is 1. The summed E-state index contributed by atoms with van der Waals surface area (Å²) in [5.41, 5.74) is 1.11. The molecule has 136 valence electrons. The van der Waals surface area contributed by atoms with Crippen molar-refractivity contribution < 1.29 is 19.4 Å². The van der Waals surface area contributed by atoms with Gasteiger partial charge in [0.15, 0.2) is 0 Å². The first-order valence-corrected chi connectivity index (χ1v) is 8.47. The molecule has 26 heavy (non-hydrogen) atoms. The summed E-state index contributed by atoms with van der Waals surface area (Å²) >= 11 is 0. The second-order valence-electron chi connectivity index (χ2n) is 6.15. The van der Waals surface area contributed by atoms with Gasteiger partial charge < -0.3 is 20.1 Å². The van der Waals surface area contributed by atoms with Crippen molar-refractivity contribution in [3.8, 4) is 5.75 Å². The molecule has 7 nitrogen and oxygen atoms in total. The molecule has 1 aliphatic rings. The number of aliphatic carboxylic acids is 1. The minimum Gasteiger partial charge on any atom is -0.495 e. The van der Waals surface area contributed by atoms with E-state index in [4.69, 9.17) is 4.74 Å². The molecule has 1 aliphatic heterocycles. The van der Waals surface area contributed by atoms with Crippen LogP contribution < -0.4 is 10.1 Å². The Bertz CT molecular complexity index is 809. The van der Waals surface area contributed by atoms with Crippen molar-refractivity contribution in [3.05, 3.63) is 48.2 Å². The number of nitrogens with one attached hydrogen (secondary N) is 1. The van der Waals surface area contributed by atoms with Crippen LogP contribution in [0.5, 0.6) is 5.75 Å². The molecule has 0 bridgehead atoms. The van der Waals surface area contributed by atoms with Crippen molar-refractivity contribution in [1.82, 2.24) is 9.88 Å². The van der Waals surface area contributed by atoms with Gasteiger partial charge in [0.25, 0.3) is 5.91 Å². The predicted molar refractivity (Wildman–Crippen MR) is 96.8 cm³/mol. The molecule has 2 heterocycles. The quantitative estimate of drug-likeness (QED) is 0.857. The molecular weight excluding hydrogens is 334 g/mol. The maximum Gasteiger partial charge on any atom is 0.308 e. The zero-order valence-corrected chi connectivity index (χ0v) is 14.5. The summed E-state index contributed by atoms with van der Waals surface area (Å²) in [5.74, 6) is -0.544. The molecule has 1 amide bonds. The molecule has 1 aromatic carbocycles. The summed E-state index contributed by atoms with van der Waals surface area (Å²) in [6, 6.07) is 10.8. The van der Waals surface area contributed by atoms with Gasteiger partial charge in [-0.2, -0.15) is 0 Å². The fourth-order valence-electron chi connectivity index (χ4n) is 3.09. The summed E-state index contributed by atoms with van der Waals surface area (Å²) in [4.78, 5) is 30.1. The highest BCUT2D eigenvalue weighted by Crippen LogP contribution is 2.28. The van der Waals surface area contributed by atoms with Crippen LogP contribution in [0.25, 0.3) is 0 Å². The summed E-state index contributed by atoms with van der Waals surface area (Å²) in [7, 11) is 1.57. The average Bonchev–Trinajstić information content (AvgIpc) is 2.68. The highest BCUT2D eigenvalue weighted by atomic mass is 16.5. The molecule has 3 rings (SSSR count). The lowest BCUT2D eigenvalue weighted by Crippen LogP contribution is -2.42. The van der Waals surface area contributed by atoms with Crippen molar-refractivity contribution in [3.63, 3.8) is 0 Å². The smallest absolute Gasteiger partial charge is 0.308 e. The highest BCUT2D eigenvalue weighted by Gasteiger charge is 2.29. The third-order valence-electron chi connectivity index (χ3n) is 4.46. The van der Waals surface area contributed by atoms with E-state index in [1.807, 2.05) is 24.3 Å². The zero-order valence-electron chi connectivity index (χ0n) is 14.5. The van der Waals surface area contributed by atoms with Crippen LogP contribution in [0, 0.1) is 5.92 Å². The molecule has 1 saturated heterocycles. The first kappa shape index (κ1) is 17.7. The molecule has 1 unspecified atom stereocenters. The number of carboxylic acid groups (broad SMARTS) is 1. The van der Waals surface area contributed by atoms with Gasteiger partial charge in [0.1, 0.15) is 11.6 Å². The fourth-order valence-corrected chi connectivity index (χ4v) is 3.09. The molecule has 7 heteroatoms. The van der Waals surface area contributed by atoms with Crippen LogP contribution in [-0.2, 0) is 4.79 Å². The van der Waals surface area contributed by atoms with E-state index in [-0.39, 0.29) is 12.5 Å². The number of rotatable bonds is 5. The van der Waals surface area contributed by atoms with Gasteiger partial charge in [0, 0.05) is 19.3 Å². The number of carbonyl (C=O) groups is 2. The normalized spacial score (nSPS) is 16.8. The number of aromatic nitrogens is 1.